The molecule has 0 fully saturated rings. The Bertz CT molecular complexity index is 398. The Morgan fingerprint density at radius 3 is 2.82 bits per heavy atom. The lowest BCUT2D eigenvalue weighted by atomic mass is 10.1. The topological polar surface area (TPSA) is 55.8 Å². The van der Waals surface area contributed by atoms with Crippen molar-refractivity contribution in [2.45, 2.75) is 12.8 Å². The average molecular weight is 236 g/mol. The van der Waals surface area contributed by atoms with Gasteiger partial charge in [0.2, 0.25) is 0 Å². The summed E-state index contributed by atoms with van der Waals surface area (Å²) in [4.78, 5) is 10.4. The number of carboxylic acid groups (broad SMARTS) is 1. The van der Waals surface area contributed by atoms with E-state index in [9.17, 15) is 4.79 Å². The van der Waals surface area contributed by atoms with Crippen LogP contribution in [0.5, 0.6) is 11.5 Å². The molecule has 0 aliphatic carbocycles. The van der Waals surface area contributed by atoms with E-state index < -0.39 is 5.97 Å². The van der Waals surface area contributed by atoms with Crippen molar-refractivity contribution in [3.8, 4) is 11.5 Å². The lowest BCUT2D eigenvalue weighted by Gasteiger charge is -2.11. The highest BCUT2D eigenvalue weighted by Crippen LogP contribution is 2.28. The summed E-state index contributed by atoms with van der Waals surface area (Å²) in [6.45, 7) is 3.80. The van der Waals surface area contributed by atoms with E-state index in [2.05, 4.69) is 6.58 Å². The van der Waals surface area contributed by atoms with Gasteiger partial charge in [-0.1, -0.05) is 12.1 Å². The molecule has 4 heteroatoms. The Morgan fingerprint density at radius 1 is 1.47 bits per heavy atom. The van der Waals surface area contributed by atoms with Crippen LogP contribution in [0.3, 0.4) is 0 Å². The minimum absolute atomic E-state index is 0.0302. The van der Waals surface area contributed by atoms with Gasteiger partial charge in [0.15, 0.2) is 11.5 Å². The summed E-state index contributed by atoms with van der Waals surface area (Å²) in [6, 6.07) is 5.54. The third kappa shape index (κ3) is 4.18. The van der Waals surface area contributed by atoms with Gasteiger partial charge in [0.1, 0.15) is 0 Å². The highest BCUT2D eigenvalue weighted by atomic mass is 16.5. The van der Waals surface area contributed by atoms with Gasteiger partial charge < -0.3 is 14.6 Å². The monoisotopic (exact) mass is 236 g/mol. The lowest BCUT2D eigenvalue weighted by Crippen LogP contribution is -2.05. The maximum absolute atomic E-state index is 10.4. The van der Waals surface area contributed by atoms with E-state index in [1.807, 2.05) is 12.1 Å². The molecule has 0 atom stereocenters. The van der Waals surface area contributed by atoms with Gasteiger partial charge in [-0.2, -0.15) is 0 Å². The number of carboxylic acids is 1. The van der Waals surface area contributed by atoms with Crippen LogP contribution in [0.15, 0.2) is 30.9 Å². The van der Waals surface area contributed by atoms with Crippen LogP contribution in [-0.2, 0) is 11.2 Å². The SMILES string of the molecule is C=CCc1ccc(OCCC(=O)O)c(OC)c1. The molecule has 0 radical (unpaired) electrons. The van der Waals surface area contributed by atoms with Gasteiger partial charge in [-0.05, 0) is 24.1 Å². The van der Waals surface area contributed by atoms with E-state index >= 15 is 0 Å². The van der Waals surface area contributed by atoms with Gasteiger partial charge in [-0.3, -0.25) is 4.79 Å². The van der Waals surface area contributed by atoms with Crippen LogP contribution in [0.25, 0.3) is 0 Å². The maximum atomic E-state index is 10.4. The van der Waals surface area contributed by atoms with Gasteiger partial charge in [-0.15, -0.1) is 6.58 Å². The zero-order valence-electron chi connectivity index (χ0n) is 9.81. The first-order valence-corrected chi connectivity index (χ1v) is 5.29. The van der Waals surface area contributed by atoms with Crippen molar-refractivity contribution in [2.75, 3.05) is 13.7 Å². The van der Waals surface area contributed by atoms with E-state index in [-0.39, 0.29) is 13.0 Å². The smallest absolute Gasteiger partial charge is 0.306 e. The third-order valence-corrected chi connectivity index (χ3v) is 2.18. The van der Waals surface area contributed by atoms with Crippen molar-refractivity contribution in [1.29, 1.82) is 0 Å². The minimum atomic E-state index is -0.882. The van der Waals surface area contributed by atoms with Crippen LogP contribution in [-0.4, -0.2) is 24.8 Å². The first-order valence-electron chi connectivity index (χ1n) is 5.29. The summed E-state index contributed by atoms with van der Waals surface area (Å²) >= 11 is 0. The molecule has 1 N–H and O–H groups in total. The van der Waals surface area contributed by atoms with E-state index in [0.29, 0.717) is 11.5 Å². The van der Waals surface area contributed by atoms with Crippen molar-refractivity contribution < 1.29 is 19.4 Å². The number of benzene rings is 1. The van der Waals surface area contributed by atoms with E-state index in [4.69, 9.17) is 14.6 Å². The van der Waals surface area contributed by atoms with Crippen LogP contribution >= 0.6 is 0 Å². The van der Waals surface area contributed by atoms with Crippen LogP contribution in [0, 0.1) is 0 Å². The number of carbonyl (C=O) groups is 1. The first kappa shape index (κ1) is 13.1. The van der Waals surface area contributed by atoms with E-state index in [1.165, 1.54) is 0 Å². The fraction of sp³-hybridized carbons (Fsp3) is 0.308. The van der Waals surface area contributed by atoms with Gasteiger partial charge in [-0.25, -0.2) is 0 Å². The summed E-state index contributed by atoms with van der Waals surface area (Å²) in [5.41, 5.74) is 1.07. The molecule has 0 aromatic heterocycles. The fourth-order valence-corrected chi connectivity index (χ4v) is 1.37. The Hall–Kier alpha value is -1.97. The summed E-state index contributed by atoms with van der Waals surface area (Å²) in [5.74, 6) is 0.281. The number of rotatable bonds is 7. The molecule has 1 rings (SSSR count). The molecular formula is C13H16O4. The van der Waals surface area contributed by atoms with E-state index in [1.54, 1.807) is 19.3 Å². The third-order valence-electron chi connectivity index (χ3n) is 2.18. The average Bonchev–Trinajstić information content (AvgIpc) is 2.30. The summed E-state index contributed by atoms with van der Waals surface area (Å²) in [6.07, 6.45) is 2.53. The van der Waals surface area contributed by atoms with Crippen molar-refractivity contribution >= 4 is 5.97 Å². The fourth-order valence-electron chi connectivity index (χ4n) is 1.37. The van der Waals surface area contributed by atoms with Gasteiger partial charge in [0, 0.05) is 0 Å². The highest BCUT2D eigenvalue weighted by Gasteiger charge is 2.06. The number of allylic oxidation sites excluding steroid dienone is 1. The number of aliphatic carboxylic acids is 1. The molecule has 0 saturated heterocycles. The molecule has 0 aliphatic heterocycles. The molecule has 0 spiro atoms. The second-order valence-corrected chi connectivity index (χ2v) is 3.47. The van der Waals surface area contributed by atoms with Crippen molar-refractivity contribution in [2.24, 2.45) is 0 Å². The number of hydrogen-bond acceptors (Lipinski definition) is 3. The lowest BCUT2D eigenvalue weighted by molar-refractivity contribution is -0.137. The van der Waals surface area contributed by atoms with Crippen LogP contribution in [0.1, 0.15) is 12.0 Å². The number of ether oxygens (including phenoxy) is 2. The molecule has 1 aromatic carbocycles. The molecule has 1 aromatic rings. The van der Waals surface area contributed by atoms with Crippen molar-refractivity contribution in [3.63, 3.8) is 0 Å². The van der Waals surface area contributed by atoms with Gasteiger partial charge >= 0.3 is 5.97 Å². The maximum Gasteiger partial charge on any atom is 0.306 e. The number of hydrogen-bond donors (Lipinski definition) is 1. The molecule has 4 nitrogen and oxygen atoms in total. The molecule has 0 heterocycles. The van der Waals surface area contributed by atoms with Crippen LogP contribution < -0.4 is 9.47 Å². The van der Waals surface area contributed by atoms with Crippen LogP contribution in [0.2, 0.25) is 0 Å². The molecule has 17 heavy (non-hydrogen) atoms. The summed E-state index contributed by atoms with van der Waals surface area (Å²) < 4.78 is 10.5. The summed E-state index contributed by atoms with van der Waals surface area (Å²) in [5, 5.41) is 8.51. The molecule has 0 aliphatic rings. The molecule has 0 saturated carbocycles. The quantitative estimate of drug-likeness (QED) is 0.738. The van der Waals surface area contributed by atoms with E-state index in [0.717, 1.165) is 12.0 Å². The second kappa shape index (κ2) is 6.58. The molecule has 0 amide bonds. The molecular weight excluding hydrogens is 220 g/mol. The normalized spacial score (nSPS) is 9.71. The minimum Gasteiger partial charge on any atom is -0.493 e. The standard InChI is InChI=1S/C13H16O4/c1-3-4-10-5-6-11(12(9-10)16-2)17-8-7-13(14)15/h3,5-6,9H,1,4,7-8H2,2H3,(H,14,15). The van der Waals surface area contributed by atoms with Crippen molar-refractivity contribution in [3.05, 3.63) is 36.4 Å². The second-order valence-electron chi connectivity index (χ2n) is 3.47. The summed E-state index contributed by atoms with van der Waals surface area (Å²) in [7, 11) is 1.55. The van der Waals surface area contributed by atoms with Crippen LogP contribution in [0.4, 0.5) is 0 Å². The predicted molar refractivity (Wildman–Crippen MR) is 64.6 cm³/mol. The van der Waals surface area contributed by atoms with Gasteiger partial charge in [0.05, 0.1) is 20.1 Å². The van der Waals surface area contributed by atoms with Crippen molar-refractivity contribution in [1.82, 2.24) is 0 Å². The van der Waals surface area contributed by atoms with Gasteiger partial charge in [0.25, 0.3) is 0 Å². The Kier molecular flexibility index (Phi) is 5.07. The Morgan fingerprint density at radius 2 is 2.24 bits per heavy atom. The highest BCUT2D eigenvalue weighted by molar-refractivity contribution is 5.66. The Labute approximate surface area is 100 Å². The Balaban J connectivity index is 2.70. The molecule has 0 bridgehead atoms. The first-order chi connectivity index (χ1) is 8.17. The largest absolute Gasteiger partial charge is 0.493 e. The molecule has 0 unspecified atom stereocenters. The number of methoxy groups -OCH3 is 1. The zero-order chi connectivity index (χ0) is 12.7. The zero-order valence-corrected chi connectivity index (χ0v) is 9.81. The predicted octanol–water partition coefficient (Wildman–Crippen LogP) is 2.28. The molecule has 92 valence electrons.